The molecular formula is C15H15NO3. The van der Waals surface area contributed by atoms with E-state index in [-0.39, 0.29) is 5.76 Å². The smallest absolute Gasteiger partial charge is 0.371 e. The summed E-state index contributed by atoms with van der Waals surface area (Å²) >= 11 is 0. The van der Waals surface area contributed by atoms with Crippen LogP contribution in [0.1, 0.15) is 27.4 Å². The minimum absolute atomic E-state index is 0.0139. The zero-order chi connectivity index (χ0) is 13.4. The Morgan fingerprint density at radius 2 is 2.21 bits per heavy atom. The van der Waals surface area contributed by atoms with Crippen LogP contribution in [0.15, 0.2) is 34.7 Å². The number of carboxylic acids is 1. The maximum Gasteiger partial charge on any atom is 0.371 e. The first kappa shape index (κ1) is 11.8. The molecule has 0 radical (unpaired) electrons. The monoisotopic (exact) mass is 257 g/mol. The number of aromatic carboxylic acids is 1. The zero-order valence-electron chi connectivity index (χ0n) is 10.7. The molecular weight excluding hydrogens is 242 g/mol. The fourth-order valence-electron chi connectivity index (χ4n) is 2.56. The second kappa shape index (κ2) is 4.46. The molecule has 1 aliphatic rings. The Morgan fingerprint density at radius 1 is 1.42 bits per heavy atom. The van der Waals surface area contributed by atoms with Crippen molar-refractivity contribution < 1.29 is 14.3 Å². The molecule has 3 rings (SSSR count). The van der Waals surface area contributed by atoms with E-state index in [1.807, 2.05) is 19.1 Å². The van der Waals surface area contributed by atoms with Crippen molar-refractivity contribution >= 4 is 11.7 Å². The van der Waals surface area contributed by atoms with Gasteiger partial charge in [-0.3, -0.25) is 0 Å². The van der Waals surface area contributed by atoms with Crippen LogP contribution in [0.5, 0.6) is 0 Å². The van der Waals surface area contributed by atoms with E-state index in [4.69, 9.17) is 9.52 Å². The standard InChI is InChI=1S/C15H15NO3/c1-10-12(8-14(19-10)15(17)18)9-16-7-6-11-4-2-3-5-13(11)16/h2-5,8H,6-7,9H2,1H3,(H,17,18). The Hall–Kier alpha value is -2.23. The number of nitrogens with zero attached hydrogens (tertiary/aromatic N) is 1. The maximum atomic E-state index is 10.9. The Balaban J connectivity index is 1.85. The lowest BCUT2D eigenvalue weighted by Crippen LogP contribution is -2.19. The van der Waals surface area contributed by atoms with E-state index in [0.717, 1.165) is 18.5 Å². The van der Waals surface area contributed by atoms with Crippen LogP contribution in [0.3, 0.4) is 0 Å². The molecule has 1 N–H and O–H groups in total. The number of furan rings is 1. The highest BCUT2D eigenvalue weighted by Crippen LogP contribution is 2.29. The van der Waals surface area contributed by atoms with Gasteiger partial charge in [-0.15, -0.1) is 0 Å². The van der Waals surface area contributed by atoms with E-state index in [9.17, 15) is 4.79 Å². The number of rotatable bonds is 3. The molecule has 0 saturated carbocycles. The van der Waals surface area contributed by atoms with Crippen LogP contribution >= 0.6 is 0 Å². The molecule has 2 heterocycles. The minimum Gasteiger partial charge on any atom is -0.475 e. The zero-order valence-corrected chi connectivity index (χ0v) is 10.7. The molecule has 0 amide bonds. The van der Waals surface area contributed by atoms with Gasteiger partial charge in [0.15, 0.2) is 0 Å². The van der Waals surface area contributed by atoms with Gasteiger partial charge in [-0.2, -0.15) is 0 Å². The van der Waals surface area contributed by atoms with Crippen molar-refractivity contribution in [1.82, 2.24) is 0 Å². The molecule has 0 atom stereocenters. The average molecular weight is 257 g/mol. The average Bonchev–Trinajstić information content (AvgIpc) is 2.96. The van der Waals surface area contributed by atoms with Gasteiger partial charge in [0.1, 0.15) is 5.76 Å². The first-order valence-electron chi connectivity index (χ1n) is 6.30. The lowest BCUT2D eigenvalue weighted by atomic mass is 10.2. The molecule has 0 aliphatic carbocycles. The lowest BCUT2D eigenvalue weighted by molar-refractivity contribution is 0.0661. The van der Waals surface area contributed by atoms with Crippen molar-refractivity contribution in [2.75, 3.05) is 11.4 Å². The summed E-state index contributed by atoms with van der Waals surface area (Å²) in [4.78, 5) is 13.2. The molecule has 2 aromatic rings. The summed E-state index contributed by atoms with van der Waals surface area (Å²) in [5.74, 6) is -0.321. The van der Waals surface area contributed by atoms with E-state index in [1.54, 1.807) is 6.07 Å². The van der Waals surface area contributed by atoms with Crippen LogP contribution in [-0.2, 0) is 13.0 Å². The largest absolute Gasteiger partial charge is 0.475 e. The highest BCUT2D eigenvalue weighted by molar-refractivity contribution is 5.84. The SMILES string of the molecule is Cc1oc(C(=O)O)cc1CN1CCc2ccccc21. The Morgan fingerprint density at radius 3 is 2.95 bits per heavy atom. The molecule has 19 heavy (non-hydrogen) atoms. The molecule has 1 aliphatic heterocycles. The van der Waals surface area contributed by atoms with Gasteiger partial charge in [0.25, 0.3) is 0 Å². The molecule has 0 unspecified atom stereocenters. The molecule has 0 spiro atoms. The van der Waals surface area contributed by atoms with E-state index in [0.29, 0.717) is 12.3 Å². The number of carbonyl (C=O) groups is 1. The van der Waals surface area contributed by atoms with E-state index < -0.39 is 5.97 Å². The van der Waals surface area contributed by atoms with Gasteiger partial charge >= 0.3 is 5.97 Å². The van der Waals surface area contributed by atoms with E-state index in [1.165, 1.54) is 11.3 Å². The van der Waals surface area contributed by atoms with Gasteiger partial charge < -0.3 is 14.4 Å². The van der Waals surface area contributed by atoms with Gasteiger partial charge in [0.2, 0.25) is 5.76 Å². The van der Waals surface area contributed by atoms with Crippen LogP contribution < -0.4 is 4.90 Å². The normalized spacial score (nSPS) is 13.6. The van der Waals surface area contributed by atoms with Crippen molar-refractivity contribution in [3.05, 3.63) is 53.0 Å². The first-order valence-corrected chi connectivity index (χ1v) is 6.30. The van der Waals surface area contributed by atoms with E-state index >= 15 is 0 Å². The lowest BCUT2D eigenvalue weighted by Gasteiger charge is -2.18. The summed E-state index contributed by atoms with van der Waals surface area (Å²) in [5.41, 5.74) is 3.52. The number of para-hydroxylation sites is 1. The Kier molecular flexibility index (Phi) is 2.78. The van der Waals surface area contributed by atoms with Gasteiger partial charge in [-0.05, 0) is 31.0 Å². The maximum absolute atomic E-state index is 10.9. The summed E-state index contributed by atoms with van der Waals surface area (Å²) in [5, 5.41) is 8.93. The summed E-state index contributed by atoms with van der Waals surface area (Å²) < 4.78 is 5.25. The summed E-state index contributed by atoms with van der Waals surface area (Å²) in [6.45, 7) is 3.47. The van der Waals surface area contributed by atoms with E-state index in [2.05, 4.69) is 17.0 Å². The predicted molar refractivity (Wildman–Crippen MR) is 71.6 cm³/mol. The number of benzene rings is 1. The fraction of sp³-hybridized carbons (Fsp3) is 0.267. The third-order valence-electron chi connectivity index (χ3n) is 3.58. The number of fused-ring (bicyclic) bond motifs is 1. The molecule has 0 bridgehead atoms. The van der Waals surface area contributed by atoms with Crippen LogP contribution in [0, 0.1) is 6.92 Å². The van der Waals surface area contributed by atoms with Gasteiger partial charge in [0, 0.05) is 24.3 Å². The summed E-state index contributed by atoms with van der Waals surface area (Å²) in [7, 11) is 0. The molecule has 4 heteroatoms. The number of hydrogen-bond acceptors (Lipinski definition) is 3. The molecule has 0 fully saturated rings. The number of hydrogen-bond donors (Lipinski definition) is 1. The number of anilines is 1. The third kappa shape index (κ3) is 2.10. The summed E-state index contributed by atoms with van der Waals surface area (Å²) in [6, 6.07) is 9.95. The minimum atomic E-state index is -1.02. The summed E-state index contributed by atoms with van der Waals surface area (Å²) in [6.07, 6.45) is 1.04. The van der Waals surface area contributed by atoms with Gasteiger partial charge in [-0.1, -0.05) is 18.2 Å². The number of carboxylic acid groups (broad SMARTS) is 1. The third-order valence-corrected chi connectivity index (χ3v) is 3.58. The van der Waals surface area contributed by atoms with Crippen LogP contribution in [-0.4, -0.2) is 17.6 Å². The molecule has 1 aromatic heterocycles. The second-order valence-electron chi connectivity index (χ2n) is 4.80. The first-order chi connectivity index (χ1) is 9.15. The fourth-order valence-corrected chi connectivity index (χ4v) is 2.56. The second-order valence-corrected chi connectivity index (χ2v) is 4.80. The van der Waals surface area contributed by atoms with Crippen molar-refractivity contribution in [2.24, 2.45) is 0 Å². The Labute approximate surface area is 111 Å². The highest BCUT2D eigenvalue weighted by atomic mass is 16.4. The Bertz CT molecular complexity index is 630. The van der Waals surface area contributed by atoms with Crippen molar-refractivity contribution in [3.8, 4) is 0 Å². The van der Waals surface area contributed by atoms with Crippen molar-refractivity contribution in [3.63, 3.8) is 0 Å². The van der Waals surface area contributed by atoms with Crippen LogP contribution in [0.2, 0.25) is 0 Å². The topological polar surface area (TPSA) is 53.7 Å². The van der Waals surface area contributed by atoms with Crippen LogP contribution in [0.25, 0.3) is 0 Å². The molecule has 1 aromatic carbocycles. The van der Waals surface area contributed by atoms with Gasteiger partial charge in [-0.25, -0.2) is 4.79 Å². The molecule has 98 valence electrons. The number of aryl methyl sites for hydroxylation is 1. The predicted octanol–water partition coefficient (Wildman–Crippen LogP) is 2.85. The van der Waals surface area contributed by atoms with Crippen molar-refractivity contribution in [2.45, 2.75) is 19.9 Å². The van der Waals surface area contributed by atoms with Gasteiger partial charge in [0.05, 0.1) is 0 Å². The highest BCUT2D eigenvalue weighted by Gasteiger charge is 2.21. The quantitative estimate of drug-likeness (QED) is 0.918. The molecule has 0 saturated heterocycles. The van der Waals surface area contributed by atoms with Crippen molar-refractivity contribution in [1.29, 1.82) is 0 Å². The van der Waals surface area contributed by atoms with Crippen LogP contribution in [0.4, 0.5) is 5.69 Å². The molecule has 4 nitrogen and oxygen atoms in total.